The van der Waals surface area contributed by atoms with Gasteiger partial charge in [0.1, 0.15) is 5.82 Å². The predicted octanol–water partition coefficient (Wildman–Crippen LogP) is 1.08. The van der Waals surface area contributed by atoms with E-state index < -0.39 is 11.4 Å². The number of rotatable bonds is 5. The first-order chi connectivity index (χ1) is 9.52. The van der Waals surface area contributed by atoms with Crippen molar-refractivity contribution in [2.45, 2.75) is 39.5 Å². The number of nitrogens with zero attached hydrogens (tertiary/aromatic N) is 3. The highest BCUT2D eigenvalue weighted by molar-refractivity contribution is 5.91. The van der Waals surface area contributed by atoms with Crippen molar-refractivity contribution in [2.75, 3.05) is 13.1 Å². The third kappa shape index (κ3) is 2.52. The predicted molar refractivity (Wildman–Crippen MR) is 71.3 cm³/mol. The highest BCUT2D eigenvalue weighted by Gasteiger charge is 2.46. The number of amides is 1. The van der Waals surface area contributed by atoms with Crippen LogP contribution >= 0.6 is 0 Å². The maximum absolute atomic E-state index is 12.3. The molecule has 1 aromatic heterocycles. The molecule has 0 radical (unpaired) electrons. The monoisotopic (exact) mass is 280 g/mol. The average molecular weight is 280 g/mol. The van der Waals surface area contributed by atoms with E-state index in [9.17, 15) is 14.7 Å². The fourth-order valence-corrected chi connectivity index (χ4v) is 2.70. The Morgan fingerprint density at radius 1 is 1.45 bits per heavy atom. The second-order valence-corrected chi connectivity index (χ2v) is 5.27. The van der Waals surface area contributed by atoms with Gasteiger partial charge in [0.05, 0.1) is 5.41 Å². The first-order valence-electron chi connectivity index (χ1n) is 6.96. The Morgan fingerprint density at radius 2 is 2.20 bits per heavy atom. The van der Waals surface area contributed by atoms with Gasteiger partial charge < -0.3 is 10.0 Å². The van der Waals surface area contributed by atoms with Gasteiger partial charge in [0.2, 0.25) is 5.82 Å². The fourth-order valence-electron chi connectivity index (χ4n) is 2.70. The molecule has 20 heavy (non-hydrogen) atoms. The van der Waals surface area contributed by atoms with Crippen LogP contribution in [0.2, 0.25) is 0 Å². The van der Waals surface area contributed by atoms with E-state index in [2.05, 4.69) is 15.2 Å². The molecule has 1 atom stereocenters. The lowest BCUT2D eigenvalue weighted by atomic mass is 9.83. The van der Waals surface area contributed by atoms with Gasteiger partial charge >= 0.3 is 5.97 Å². The van der Waals surface area contributed by atoms with Crippen molar-refractivity contribution in [3.8, 4) is 0 Å². The number of carboxylic acid groups (broad SMARTS) is 1. The van der Waals surface area contributed by atoms with Gasteiger partial charge in [-0.3, -0.25) is 14.7 Å². The Morgan fingerprint density at radius 3 is 2.75 bits per heavy atom. The smallest absolute Gasteiger partial charge is 0.311 e. The molecule has 1 aliphatic heterocycles. The summed E-state index contributed by atoms with van der Waals surface area (Å²) in [6.45, 7) is 4.56. The number of carbonyl (C=O) groups is 2. The van der Waals surface area contributed by atoms with Gasteiger partial charge in [-0.25, -0.2) is 4.98 Å². The van der Waals surface area contributed by atoms with E-state index in [1.54, 1.807) is 4.90 Å². The molecule has 2 rings (SSSR count). The van der Waals surface area contributed by atoms with E-state index >= 15 is 0 Å². The van der Waals surface area contributed by atoms with E-state index in [0.717, 1.165) is 6.42 Å². The van der Waals surface area contributed by atoms with Gasteiger partial charge in [-0.2, -0.15) is 0 Å². The number of aliphatic carboxylic acids is 1. The van der Waals surface area contributed by atoms with Gasteiger partial charge in [0, 0.05) is 19.5 Å². The van der Waals surface area contributed by atoms with Gasteiger partial charge in [-0.15, -0.1) is 5.10 Å². The van der Waals surface area contributed by atoms with E-state index in [4.69, 9.17) is 0 Å². The summed E-state index contributed by atoms with van der Waals surface area (Å²) in [5.41, 5.74) is -0.811. The van der Waals surface area contributed by atoms with E-state index in [0.29, 0.717) is 31.6 Å². The Kier molecular flexibility index (Phi) is 4.06. The van der Waals surface area contributed by atoms with E-state index in [1.807, 2.05) is 13.8 Å². The number of aromatic amines is 1. The van der Waals surface area contributed by atoms with Crippen LogP contribution < -0.4 is 0 Å². The average Bonchev–Trinajstić information content (AvgIpc) is 3.05. The largest absolute Gasteiger partial charge is 0.481 e. The molecule has 0 aromatic carbocycles. The molecule has 1 saturated heterocycles. The molecule has 0 bridgehead atoms. The summed E-state index contributed by atoms with van der Waals surface area (Å²) >= 11 is 0. The Labute approximate surface area is 117 Å². The molecule has 1 amide bonds. The van der Waals surface area contributed by atoms with Gasteiger partial charge in [0.15, 0.2) is 0 Å². The van der Waals surface area contributed by atoms with Crippen LogP contribution in [-0.2, 0) is 11.2 Å². The molecule has 0 saturated carbocycles. The number of aromatic nitrogens is 3. The molecule has 7 nitrogen and oxygen atoms in total. The summed E-state index contributed by atoms with van der Waals surface area (Å²) in [5.74, 6) is -0.329. The van der Waals surface area contributed by atoms with Gasteiger partial charge in [-0.1, -0.05) is 20.3 Å². The minimum absolute atomic E-state index is 0.125. The molecule has 1 aliphatic rings. The fraction of sp³-hybridized carbons (Fsp3) is 0.692. The zero-order valence-electron chi connectivity index (χ0n) is 11.8. The SMILES string of the molecule is CCCC1(C(=O)O)CCN(C(=O)c2n[nH]c(CC)n2)C1. The summed E-state index contributed by atoms with van der Waals surface area (Å²) in [5, 5.41) is 16.0. The van der Waals surface area contributed by atoms with E-state index in [1.165, 1.54) is 0 Å². The molecule has 1 aromatic rings. The molecule has 1 fully saturated rings. The second-order valence-electron chi connectivity index (χ2n) is 5.27. The summed E-state index contributed by atoms with van der Waals surface area (Å²) in [6, 6.07) is 0. The maximum atomic E-state index is 12.3. The Hall–Kier alpha value is -1.92. The summed E-state index contributed by atoms with van der Waals surface area (Å²) < 4.78 is 0. The molecular weight excluding hydrogens is 260 g/mol. The van der Waals surface area contributed by atoms with Crippen molar-refractivity contribution in [3.63, 3.8) is 0 Å². The minimum atomic E-state index is -0.820. The van der Waals surface area contributed by atoms with Crippen LogP contribution in [0.5, 0.6) is 0 Å². The quantitative estimate of drug-likeness (QED) is 0.841. The maximum Gasteiger partial charge on any atom is 0.311 e. The van der Waals surface area contributed by atoms with E-state index in [-0.39, 0.29) is 18.3 Å². The zero-order chi connectivity index (χ0) is 14.8. The molecule has 2 N–H and O–H groups in total. The van der Waals surface area contributed by atoms with Crippen LogP contribution in [0, 0.1) is 5.41 Å². The van der Waals surface area contributed by atoms with Crippen LogP contribution in [0.25, 0.3) is 0 Å². The van der Waals surface area contributed by atoms with Crippen molar-refractivity contribution in [1.82, 2.24) is 20.1 Å². The van der Waals surface area contributed by atoms with Crippen LogP contribution in [0.3, 0.4) is 0 Å². The van der Waals surface area contributed by atoms with Crippen molar-refractivity contribution >= 4 is 11.9 Å². The first kappa shape index (κ1) is 14.5. The lowest BCUT2D eigenvalue weighted by Gasteiger charge is -2.23. The molecule has 2 heterocycles. The second kappa shape index (κ2) is 5.60. The summed E-state index contributed by atoms with van der Waals surface area (Å²) in [6.07, 6.45) is 2.54. The number of aryl methyl sites for hydroxylation is 1. The number of carbonyl (C=O) groups excluding carboxylic acids is 1. The van der Waals surface area contributed by atoms with Crippen molar-refractivity contribution < 1.29 is 14.7 Å². The molecule has 0 aliphatic carbocycles. The topological polar surface area (TPSA) is 99.2 Å². The standard InChI is InChI=1S/C13H20N4O3/c1-3-5-13(12(19)20)6-7-17(8-13)11(18)10-14-9(4-2)15-16-10/h3-8H2,1-2H3,(H,19,20)(H,14,15,16). The molecule has 110 valence electrons. The van der Waals surface area contributed by atoms with Crippen molar-refractivity contribution in [2.24, 2.45) is 5.41 Å². The van der Waals surface area contributed by atoms with Crippen LogP contribution in [0.15, 0.2) is 0 Å². The number of nitrogens with one attached hydrogen (secondary N) is 1. The van der Waals surface area contributed by atoms with Gasteiger partial charge in [-0.05, 0) is 12.8 Å². The van der Waals surface area contributed by atoms with Crippen molar-refractivity contribution in [3.05, 3.63) is 11.6 Å². The Balaban J connectivity index is 2.11. The third-order valence-corrected chi connectivity index (χ3v) is 3.88. The number of hydrogen-bond acceptors (Lipinski definition) is 4. The first-order valence-corrected chi connectivity index (χ1v) is 6.96. The third-order valence-electron chi connectivity index (χ3n) is 3.88. The van der Waals surface area contributed by atoms with Crippen LogP contribution in [0.4, 0.5) is 0 Å². The highest BCUT2D eigenvalue weighted by Crippen LogP contribution is 2.35. The molecule has 7 heteroatoms. The molecule has 0 spiro atoms. The lowest BCUT2D eigenvalue weighted by Crippen LogP contribution is -2.37. The number of hydrogen-bond donors (Lipinski definition) is 2. The van der Waals surface area contributed by atoms with Crippen LogP contribution in [-0.4, -0.2) is 50.2 Å². The highest BCUT2D eigenvalue weighted by atomic mass is 16.4. The lowest BCUT2D eigenvalue weighted by molar-refractivity contribution is -0.148. The number of H-pyrrole nitrogens is 1. The van der Waals surface area contributed by atoms with Crippen LogP contribution in [0.1, 0.15) is 49.6 Å². The zero-order valence-corrected chi connectivity index (χ0v) is 11.8. The molecule has 1 unspecified atom stereocenters. The molecular formula is C13H20N4O3. The normalized spacial score (nSPS) is 22.2. The Bertz CT molecular complexity index is 513. The summed E-state index contributed by atoms with van der Waals surface area (Å²) in [7, 11) is 0. The minimum Gasteiger partial charge on any atom is -0.481 e. The number of carboxylic acids is 1. The van der Waals surface area contributed by atoms with Crippen molar-refractivity contribution in [1.29, 1.82) is 0 Å². The van der Waals surface area contributed by atoms with Gasteiger partial charge in [0.25, 0.3) is 5.91 Å². The number of likely N-dealkylation sites (tertiary alicyclic amines) is 1. The summed E-state index contributed by atoms with van der Waals surface area (Å²) in [4.78, 5) is 29.4.